The van der Waals surface area contributed by atoms with E-state index in [2.05, 4.69) is 77.9 Å². The quantitative estimate of drug-likeness (QED) is 0.462. The van der Waals surface area contributed by atoms with Gasteiger partial charge >= 0.3 is 19.5 Å². The molecule has 0 saturated carbocycles. The zero-order valence-electron chi connectivity index (χ0n) is 14.0. The molecule has 0 N–H and O–H groups in total. The van der Waals surface area contributed by atoms with Crippen molar-refractivity contribution in [3.63, 3.8) is 0 Å². The molecule has 0 heterocycles. The third-order valence-corrected chi connectivity index (χ3v) is 3.27. The van der Waals surface area contributed by atoms with Gasteiger partial charge in [-0.25, -0.2) is 0 Å². The first-order valence-corrected chi connectivity index (χ1v) is 7.36. The Hall–Kier alpha value is -0.937. The van der Waals surface area contributed by atoms with Crippen molar-refractivity contribution in [2.24, 2.45) is 0 Å². The first-order valence-electron chi connectivity index (χ1n) is 7.36. The van der Waals surface area contributed by atoms with Crippen LogP contribution in [0.5, 0.6) is 0 Å². The minimum absolute atomic E-state index is 0. The summed E-state index contributed by atoms with van der Waals surface area (Å²) in [6.07, 6.45) is 0. The van der Waals surface area contributed by atoms with E-state index in [1.165, 1.54) is 22.3 Å². The van der Waals surface area contributed by atoms with Crippen LogP contribution in [0.2, 0.25) is 0 Å². The molecule has 2 aromatic carbocycles. The zero-order valence-corrected chi connectivity index (χ0v) is 15.7. The molecule has 114 valence electrons. The van der Waals surface area contributed by atoms with Crippen LogP contribution in [0.15, 0.2) is 36.4 Å². The number of hydrogen-bond donors (Lipinski definition) is 0. The summed E-state index contributed by atoms with van der Waals surface area (Å²) >= 11 is 0. The smallest absolute Gasteiger partial charge is 0.181 e. The normalized spacial score (nSPS) is 9.90. The van der Waals surface area contributed by atoms with Gasteiger partial charge in [0.1, 0.15) is 0 Å². The Morgan fingerprint density at radius 1 is 0.714 bits per heavy atom. The number of rotatable bonds is 2. The Labute approximate surface area is 143 Å². The van der Waals surface area contributed by atoms with Gasteiger partial charge in [0.05, 0.1) is 0 Å². The van der Waals surface area contributed by atoms with E-state index >= 15 is 0 Å². The molecule has 2 rings (SSSR count). The van der Waals surface area contributed by atoms with Crippen molar-refractivity contribution in [3.8, 4) is 0 Å². The average Bonchev–Trinajstić information content (AvgIpc) is 2.39. The predicted octanol–water partition coefficient (Wildman–Crippen LogP) is 5.83. The molecule has 0 spiro atoms. The molecule has 21 heavy (non-hydrogen) atoms. The summed E-state index contributed by atoms with van der Waals surface area (Å²) in [4.78, 5) is 0. The molecular formula is C20H26Ru. The molecular weight excluding hydrogens is 341 g/mol. The largest absolute Gasteiger partial charge is 2.00 e. The summed E-state index contributed by atoms with van der Waals surface area (Å²) in [5.74, 6) is 1.27. The van der Waals surface area contributed by atoms with E-state index < -0.39 is 0 Å². The number of aryl methyl sites for hydroxylation is 2. The maximum atomic E-state index is 3.13. The maximum Gasteiger partial charge on any atom is 2.00 e. The van der Waals surface area contributed by atoms with Crippen molar-refractivity contribution in [2.75, 3.05) is 0 Å². The van der Waals surface area contributed by atoms with Crippen LogP contribution in [0, 0.1) is 26.0 Å². The molecule has 1 heteroatoms. The first kappa shape index (κ1) is 20.1. The fraction of sp³-hybridized carbons (Fsp3) is 0.400. The Bertz CT molecular complexity index is 477. The van der Waals surface area contributed by atoms with Gasteiger partial charge in [0.15, 0.2) is 0 Å². The molecule has 0 aliphatic carbocycles. The van der Waals surface area contributed by atoms with Crippen LogP contribution in [-0.2, 0) is 19.5 Å². The van der Waals surface area contributed by atoms with Crippen molar-refractivity contribution in [2.45, 2.75) is 53.4 Å². The molecule has 0 unspecified atom stereocenters. The summed E-state index contributed by atoms with van der Waals surface area (Å²) < 4.78 is 0. The second kappa shape index (κ2) is 9.90. The molecule has 0 radical (unpaired) electrons. The van der Waals surface area contributed by atoms with Crippen LogP contribution in [0.1, 0.15) is 61.8 Å². The van der Waals surface area contributed by atoms with E-state index in [0.717, 1.165) is 0 Å². The van der Waals surface area contributed by atoms with Crippen molar-refractivity contribution < 1.29 is 19.5 Å². The summed E-state index contributed by atoms with van der Waals surface area (Å²) in [6, 6.07) is 18.9. The summed E-state index contributed by atoms with van der Waals surface area (Å²) in [5.41, 5.74) is 5.25. The summed E-state index contributed by atoms with van der Waals surface area (Å²) in [6.45, 7) is 13.0. The minimum Gasteiger partial charge on any atom is -0.181 e. The third-order valence-electron chi connectivity index (χ3n) is 3.27. The van der Waals surface area contributed by atoms with Gasteiger partial charge in [-0.15, -0.1) is 0 Å². The van der Waals surface area contributed by atoms with Crippen molar-refractivity contribution in [1.82, 2.24) is 0 Å². The van der Waals surface area contributed by atoms with Gasteiger partial charge in [-0.05, 0) is 11.8 Å². The SMILES string of the molecule is Cc1[c-]ccc(C(C)C)c1.Cc1[c-]ccc(C(C)C)c1.[Ru+2]. The van der Waals surface area contributed by atoms with Crippen LogP contribution in [-0.4, -0.2) is 0 Å². The standard InChI is InChI=1S/2C10H13.Ru/c2*1-8(2)10-6-4-5-9(3)7-10;/h2*4,6-8H,1-3H3;/q2*-1;+2. The third kappa shape index (κ3) is 7.58. The van der Waals surface area contributed by atoms with E-state index in [9.17, 15) is 0 Å². The summed E-state index contributed by atoms with van der Waals surface area (Å²) in [5, 5.41) is 0. The minimum atomic E-state index is 0. The second-order valence-electron chi connectivity index (χ2n) is 5.92. The van der Waals surface area contributed by atoms with Crippen LogP contribution >= 0.6 is 0 Å². The van der Waals surface area contributed by atoms with E-state index in [4.69, 9.17) is 0 Å². The molecule has 0 atom stereocenters. The van der Waals surface area contributed by atoms with Gasteiger partial charge < -0.3 is 0 Å². The summed E-state index contributed by atoms with van der Waals surface area (Å²) in [7, 11) is 0. The van der Waals surface area contributed by atoms with Gasteiger partial charge in [0, 0.05) is 0 Å². The second-order valence-corrected chi connectivity index (χ2v) is 5.92. The van der Waals surface area contributed by atoms with Crippen LogP contribution in [0.25, 0.3) is 0 Å². The number of benzene rings is 2. The van der Waals surface area contributed by atoms with E-state index in [1.807, 2.05) is 12.1 Å². The molecule has 0 bridgehead atoms. The first-order chi connectivity index (χ1) is 9.40. The van der Waals surface area contributed by atoms with Gasteiger partial charge in [-0.1, -0.05) is 41.5 Å². The van der Waals surface area contributed by atoms with Crippen molar-refractivity contribution >= 4 is 0 Å². The van der Waals surface area contributed by atoms with Gasteiger partial charge in [-0.2, -0.15) is 70.8 Å². The zero-order chi connectivity index (χ0) is 15.1. The Morgan fingerprint density at radius 3 is 1.24 bits per heavy atom. The molecule has 0 aromatic heterocycles. The Kier molecular flexibility index (Phi) is 9.46. The van der Waals surface area contributed by atoms with E-state index in [0.29, 0.717) is 11.8 Å². The van der Waals surface area contributed by atoms with Crippen LogP contribution in [0.4, 0.5) is 0 Å². The fourth-order valence-electron chi connectivity index (χ4n) is 1.94. The van der Waals surface area contributed by atoms with Crippen LogP contribution < -0.4 is 0 Å². The van der Waals surface area contributed by atoms with Crippen molar-refractivity contribution in [3.05, 3.63) is 70.8 Å². The van der Waals surface area contributed by atoms with E-state index in [1.54, 1.807) is 0 Å². The van der Waals surface area contributed by atoms with Gasteiger partial charge in [-0.3, -0.25) is 0 Å². The van der Waals surface area contributed by atoms with Crippen molar-refractivity contribution in [1.29, 1.82) is 0 Å². The molecule has 0 amide bonds. The van der Waals surface area contributed by atoms with Gasteiger partial charge in [0.2, 0.25) is 0 Å². The van der Waals surface area contributed by atoms with E-state index in [-0.39, 0.29) is 19.5 Å². The molecule has 0 aliphatic heterocycles. The molecule has 2 aromatic rings. The fourth-order valence-corrected chi connectivity index (χ4v) is 1.94. The maximum absolute atomic E-state index is 3.13. The predicted molar refractivity (Wildman–Crippen MR) is 88.2 cm³/mol. The Morgan fingerprint density at radius 2 is 1.05 bits per heavy atom. The average molecular weight is 367 g/mol. The Balaban J connectivity index is 0.000000364. The van der Waals surface area contributed by atoms with Crippen LogP contribution in [0.3, 0.4) is 0 Å². The number of hydrogen-bond acceptors (Lipinski definition) is 0. The molecule has 0 nitrogen and oxygen atoms in total. The molecule has 0 fully saturated rings. The monoisotopic (exact) mass is 368 g/mol. The van der Waals surface area contributed by atoms with Gasteiger partial charge in [0.25, 0.3) is 0 Å². The molecule has 0 aliphatic rings. The topological polar surface area (TPSA) is 0 Å². The molecule has 0 saturated heterocycles.